The normalized spacial score (nSPS) is 11.1. The summed E-state index contributed by atoms with van der Waals surface area (Å²) >= 11 is 0. The maximum atomic E-state index is 10.4. The minimum Gasteiger partial charge on any atom is -0.492 e. The van der Waals surface area contributed by atoms with Crippen molar-refractivity contribution in [1.29, 1.82) is 0 Å². The monoisotopic (exact) mass is 291 g/mol. The first kappa shape index (κ1) is 12.6. The maximum absolute atomic E-state index is 10.4. The van der Waals surface area contributed by atoms with Gasteiger partial charge in [-0.2, -0.15) is 4.98 Å². The van der Waals surface area contributed by atoms with Crippen molar-refractivity contribution in [3.63, 3.8) is 0 Å². The molecule has 0 aliphatic heterocycles. The third kappa shape index (κ3) is 1.85. The molecule has 0 aliphatic carbocycles. The van der Waals surface area contributed by atoms with Crippen molar-refractivity contribution in [3.05, 3.63) is 55.0 Å². The van der Waals surface area contributed by atoms with E-state index in [1.54, 1.807) is 10.7 Å². The van der Waals surface area contributed by atoms with Crippen molar-refractivity contribution in [2.24, 2.45) is 7.05 Å². The predicted octanol–water partition coefficient (Wildman–Crippen LogP) is 2.50. The van der Waals surface area contributed by atoms with Crippen molar-refractivity contribution >= 4 is 5.52 Å². The highest BCUT2D eigenvalue weighted by molar-refractivity contribution is 5.84. The Hall–Kier alpha value is -3.15. The topological polar surface area (TPSA) is 68.2 Å². The predicted molar refractivity (Wildman–Crippen MR) is 82.3 cm³/mol. The van der Waals surface area contributed by atoms with E-state index in [0.29, 0.717) is 17.2 Å². The summed E-state index contributed by atoms with van der Waals surface area (Å²) in [5, 5.41) is 14.8. The second kappa shape index (κ2) is 4.70. The number of aromatic hydroxyl groups is 1. The van der Waals surface area contributed by atoms with Crippen molar-refractivity contribution < 1.29 is 5.11 Å². The van der Waals surface area contributed by atoms with Gasteiger partial charge >= 0.3 is 0 Å². The van der Waals surface area contributed by atoms with Gasteiger partial charge < -0.3 is 9.67 Å². The van der Waals surface area contributed by atoms with E-state index in [1.165, 1.54) is 0 Å². The summed E-state index contributed by atoms with van der Waals surface area (Å²) in [4.78, 5) is 8.42. The molecule has 1 N–H and O–H groups in total. The number of nitrogens with zero attached hydrogens (tertiary/aromatic N) is 5. The largest absolute Gasteiger partial charge is 0.492 e. The second-order valence-corrected chi connectivity index (χ2v) is 5.01. The summed E-state index contributed by atoms with van der Waals surface area (Å²) in [6.07, 6.45) is 5.29. The van der Waals surface area contributed by atoms with E-state index in [2.05, 4.69) is 15.1 Å². The van der Waals surface area contributed by atoms with Crippen molar-refractivity contribution in [3.8, 4) is 28.7 Å². The Balaban J connectivity index is 1.94. The van der Waals surface area contributed by atoms with Gasteiger partial charge in [-0.3, -0.25) is 0 Å². The SMILES string of the molecule is Cn1ccnc1-c1nc(O)c2c(-c3ccccc3)ccn2n1. The van der Waals surface area contributed by atoms with Crippen LogP contribution in [-0.2, 0) is 7.05 Å². The first-order valence-corrected chi connectivity index (χ1v) is 6.85. The highest BCUT2D eigenvalue weighted by Gasteiger charge is 2.15. The molecule has 0 atom stereocenters. The minimum atomic E-state index is -0.0585. The van der Waals surface area contributed by atoms with Gasteiger partial charge in [0, 0.05) is 31.2 Å². The first-order chi connectivity index (χ1) is 10.7. The van der Waals surface area contributed by atoms with Gasteiger partial charge in [-0.1, -0.05) is 30.3 Å². The lowest BCUT2D eigenvalue weighted by Crippen LogP contribution is -2.02. The zero-order chi connectivity index (χ0) is 15.1. The number of hydrogen-bond donors (Lipinski definition) is 1. The number of aromatic nitrogens is 5. The molecule has 3 heterocycles. The fourth-order valence-corrected chi connectivity index (χ4v) is 2.53. The van der Waals surface area contributed by atoms with Crippen LogP contribution in [-0.4, -0.2) is 29.3 Å². The molecule has 0 unspecified atom stereocenters. The fourth-order valence-electron chi connectivity index (χ4n) is 2.53. The lowest BCUT2D eigenvalue weighted by Gasteiger charge is -2.05. The molecular weight excluding hydrogens is 278 g/mol. The Morgan fingerprint density at radius 1 is 1.05 bits per heavy atom. The van der Waals surface area contributed by atoms with E-state index in [0.717, 1.165) is 11.1 Å². The van der Waals surface area contributed by atoms with Crippen LogP contribution in [0.4, 0.5) is 0 Å². The standard InChI is InChI=1S/C16H13N5O/c1-20-10-8-17-15(20)14-18-16(22)13-12(7-9-21(13)19-14)11-5-3-2-4-6-11/h2-10H,1H3,(H,18,19,22). The van der Waals surface area contributed by atoms with Gasteiger partial charge in [0.05, 0.1) is 0 Å². The van der Waals surface area contributed by atoms with Gasteiger partial charge in [-0.05, 0) is 11.6 Å². The van der Waals surface area contributed by atoms with Crippen LogP contribution < -0.4 is 0 Å². The quantitative estimate of drug-likeness (QED) is 0.616. The average Bonchev–Trinajstić information content (AvgIpc) is 3.14. The molecular formula is C16H13N5O. The lowest BCUT2D eigenvalue weighted by molar-refractivity contribution is 0.455. The Bertz CT molecular complexity index is 955. The Kier molecular flexibility index (Phi) is 2.69. The summed E-state index contributed by atoms with van der Waals surface area (Å²) < 4.78 is 3.44. The maximum Gasteiger partial charge on any atom is 0.240 e. The lowest BCUT2D eigenvalue weighted by atomic mass is 10.1. The molecule has 0 spiro atoms. The Morgan fingerprint density at radius 2 is 1.86 bits per heavy atom. The van der Waals surface area contributed by atoms with E-state index in [-0.39, 0.29) is 5.88 Å². The molecule has 0 saturated heterocycles. The molecule has 6 heteroatoms. The number of imidazole rings is 1. The first-order valence-electron chi connectivity index (χ1n) is 6.85. The van der Waals surface area contributed by atoms with Gasteiger partial charge in [0.15, 0.2) is 5.82 Å². The molecule has 0 saturated carbocycles. The molecule has 4 rings (SSSR count). The number of benzene rings is 1. The molecule has 0 amide bonds. The Morgan fingerprint density at radius 3 is 2.59 bits per heavy atom. The van der Waals surface area contributed by atoms with Crippen LogP contribution in [0.15, 0.2) is 55.0 Å². The van der Waals surface area contributed by atoms with Crippen LogP contribution in [0.1, 0.15) is 0 Å². The summed E-state index contributed by atoms with van der Waals surface area (Å²) in [7, 11) is 1.86. The van der Waals surface area contributed by atoms with Gasteiger partial charge in [0.1, 0.15) is 5.52 Å². The van der Waals surface area contributed by atoms with Crippen LogP contribution >= 0.6 is 0 Å². The van der Waals surface area contributed by atoms with Crippen LogP contribution in [0.25, 0.3) is 28.3 Å². The summed E-state index contributed by atoms with van der Waals surface area (Å²) in [5.74, 6) is 0.928. The number of fused-ring (bicyclic) bond motifs is 1. The van der Waals surface area contributed by atoms with E-state index in [9.17, 15) is 5.11 Å². The molecule has 22 heavy (non-hydrogen) atoms. The van der Waals surface area contributed by atoms with Gasteiger partial charge in [0.2, 0.25) is 11.7 Å². The Labute approximate surface area is 126 Å². The smallest absolute Gasteiger partial charge is 0.240 e. The van der Waals surface area contributed by atoms with Crippen molar-refractivity contribution in [2.45, 2.75) is 0 Å². The van der Waals surface area contributed by atoms with Crippen LogP contribution in [0.5, 0.6) is 5.88 Å². The van der Waals surface area contributed by atoms with Crippen LogP contribution in [0, 0.1) is 0 Å². The molecule has 0 fully saturated rings. The molecule has 0 aliphatic rings. The zero-order valence-electron chi connectivity index (χ0n) is 11.9. The molecule has 1 aromatic carbocycles. The molecule has 4 aromatic rings. The van der Waals surface area contributed by atoms with E-state index < -0.39 is 0 Å². The molecule has 6 nitrogen and oxygen atoms in total. The zero-order valence-corrected chi connectivity index (χ0v) is 11.9. The summed E-state index contributed by atoms with van der Waals surface area (Å²) in [6.45, 7) is 0. The number of aryl methyl sites for hydroxylation is 1. The number of hydrogen-bond acceptors (Lipinski definition) is 4. The number of rotatable bonds is 2. The average molecular weight is 291 g/mol. The molecule has 0 bridgehead atoms. The van der Waals surface area contributed by atoms with Gasteiger partial charge in [-0.25, -0.2) is 9.50 Å². The molecule has 3 aromatic heterocycles. The third-order valence-corrected chi connectivity index (χ3v) is 3.60. The van der Waals surface area contributed by atoms with E-state index in [1.807, 2.05) is 60.4 Å². The molecule has 108 valence electrons. The summed E-state index contributed by atoms with van der Waals surface area (Å²) in [5.41, 5.74) is 2.49. The van der Waals surface area contributed by atoms with Crippen molar-refractivity contribution in [2.75, 3.05) is 0 Å². The van der Waals surface area contributed by atoms with E-state index in [4.69, 9.17) is 0 Å². The van der Waals surface area contributed by atoms with Crippen LogP contribution in [0.3, 0.4) is 0 Å². The summed E-state index contributed by atoms with van der Waals surface area (Å²) in [6, 6.07) is 11.8. The van der Waals surface area contributed by atoms with E-state index >= 15 is 0 Å². The fraction of sp³-hybridized carbons (Fsp3) is 0.0625. The van der Waals surface area contributed by atoms with Gasteiger partial charge in [0.25, 0.3) is 0 Å². The minimum absolute atomic E-state index is 0.0585. The second-order valence-electron chi connectivity index (χ2n) is 5.01. The van der Waals surface area contributed by atoms with Crippen molar-refractivity contribution in [1.82, 2.24) is 24.1 Å². The third-order valence-electron chi connectivity index (χ3n) is 3.60. The van der Waals surface area contributed by atoms with Crippen LogP contribution in [0.2, 0.25) is 0 Å². The highest BCUT2D eigenvalue weighted by atomic mass is 16.3. The van der Waals surface area contributed by atoms with Gasteiger partial charge in [-0.15, -0.1) is 5.10 Å². The highest BCUT2D eigenvalue weighted by Crippen LogP contribution is 2.30. The molecule has 0 radical (unpaired) electrons.